The zero-order chi connectivity index (χ0) is 14.3. The number of hydrogen-bond donors (Lipinski definition) is 1. The van der Waals surface area contributed by atoms with E-state index in [-0.39, 0.29) is 5.91 Å². The first-order valence-electron chi connectivity index (χ1n) is 6.27. The molecule has 0 aromatic heterocycles. The monoisotopic (exact) mass is 285 g/mol. The van der Waals surface area contributed by atoms with Gasteiger partial charge in [0, 0.05) is 6.54 Å². The van der Waals surface area contributed by atoms with Gasteiger partial charge in [-0.15, -0.1) is 11.6 Å². The van der Waals surface area contributed by atoms with E-state index < -0.39 is 5.38 Å². The highest BCUT2D eigenvalue weighted by atomic mass is 35.5. The average Bonchev–Trinajstić information content (AvgIpc) is 2.45. The lowest BCUT2D eigenvalue weighted by molar-refractivity contribution is -0.120. The van der Waals surface area contributed by atoms with Gasteiger partial charge in [0.25, 0.3) is 0 Å². The molecule has 5 heteroatoms. The Morgan fingerprint density at radius 1 is 1.32 bits per heavy atom. The summed E-state index contributed by atoms with van der Waals surface area (Å²) >= 11 is 6.15. The van der Waals surface area contributed by atoms with Crippen molar-refractivity contribution in [2.24, 2.45) is 0 Å². The molecule has 1 amide bonds. The molecule has 1 aromatic carbocycles. The summed E-state index contributed by atoms with van der Waals surface area (Å²) in [5.41, 5.74) is 0.688. The lowest BCUT2D eigenvalue weighted by Gasteiger charge is -2.13. The number of alkyl halides is 1. The van der Waals surface area contributed by atoms with Crippen LogP contribution in [0.15, 0.2) is 18.2 Å². The Balaban J connectivity index is 2.76. The van der Waals surface area contributed by atoms with Gasteiger partial charge in [-0.2, -0.15) is 0 Å². The van der Waals surface area contributed by atoms with Gasteiger partial charge in [0.15, 0.2) is 11.5 Å². The highest BCUT2D eigenvalue weighted by Crippen LogP contribution is 2.32. The van der Waals surface area contributed by atoms with Crippen LogP contribution >= 0.6 is 11.6 Å². The van der Waals surface area contributed by atoms with E-state index in [1.54, 1.807) is 32.4 Å². The van der Waals surface area contributed by atoms with Gasteiger partial charge in [-0.25, -0.2) is 0 Å². The fourth-order valence-electron chi connectivity index (χ4n) is 1.64. The molecule has 0 aliphatic heterocycles. The number of methoxy groups -OCH3 is 2. The number of hydrogen-bond acceptors (Lipinski definition) is 3. The van der Waals surface area contributed by atoms with Crippen LogP contribution in [0.4, 0.5) is 0 Å². The molecule has 0 fully saturated rings. The number of nitrogens with one attached hydrogen (secondary N) is 1. The first-order valence-corrected chi connectivity index (χ1v) is 6.71. The van der Waals surface area contributed by atoms with Crippen molar-refractivity contribution in [3.05, 3.63) is 23.8 Å². The van der Waals surface area contributed by atoms with Crippen molar-refractivity contribution in [2.75, 3.05) is 20.8 Å². The number of amides is 1. The topological polar surface area (TPSA) is 47.6 Å². The van der Waals surface area contributed by atoms with E-state index in [1.807, 2.05) is 0 Å². The Hall–Kier alpha value is -1.42. The molecule has 0 aliphatic rings. The second-order valence-electron chi connectivity index (χ2n) is 4.12. The van der Waals surface area contributed by atoms with Gasteiger partial charge in [0.2, 0.25) is 5.91 Å². The molecule has 106 valence electrons. The normalized spacial score (nSPS) is 11.8. The number of benzene rings is 1. The minimum absolute atomic E-state index is 0.192. The van der Waals surface area contributed by atoms with E-state index in [1.165, 1.54) is 0 Å². The van der Waals surface area contributed by atoms with Gasteiger partial charge in [-0.1, -0.05) is 19.4 Å². The number of rotatable bonds is 7. The van der Waals surface area contributed by atoms with E-state index in [9.17, 15) is 4.79 Å². The fourth-order valence-corrected chi connectivity index (χ4v) is 1.85. The van der Waals surface area contributed by atoms with Gasteiger partial charge in [-0.05, 0) is 24.1 Å². The molecule has 0 saturated carbocycles. The molecule has 1 atom stereocenters. The molecule has 0 spiro atoms. The molecule has 0 saturated heterocycles. The summed E-state index contributed by atoms with van der Waals surface area (Å²) in [6, 6.07) is 5.22. The van der Waals surface area contributed by atoms with Crippen LogP contribution in [0.25, 0.3) is 0 Å². The zero-order valence-corrected chi connectivity index (χ0v) is 12.3. The minimum atomic E-state index is -0.725. The fraction of sp³-hybridized carbons (Fsp3) is 0.500. The first-order chi connectivity index (χ1) is 9.13. The van der Waals surface area contributed by atoms with Crippen molar-refractivity contribution >= 4 is 17.5 Å². The molecule has 4 nitrogen and oxygen atoms in total. The standard InChI is InChI=1S/C14H20ClNO3/c1-4-5-8-16-14(17)13(15)10-6-7-11(18-2)12(9-10)19-3/h6-7,9,13H,4-5,8H2,1-3H3,(H,16,17). The van der Waals surface area contributed by atoms with Gasteiger partial charge >= 0.3 is 0 Å². The summed E-state index contributed by atoms with van der Waals surface area (Å²) in [5.74, 6) is 0.982. The molecule has 1 unspecified atom stereocenters. The molecule has 0 bridgehead atoms. The van der Waals surface area contributed by atoms with Gasteiger partial charge in [0.1, 0.15) is 5.38 Å². The Morgan fingerprint density at radius 2 is 2.00 bits per heavy atom. The third-order valence-electron chi connectivity index (χ3n) is 2.76. The summed E-state index contributed by atoms with van der Waals surface area (Å²) in [4.78, 5) is 11.9. The summed E-state index contributed by atoms with van der Waals surface area (Å²) in [5, 5.41) is 2.08. The van der Waals surface area contributed by atoms with E-state index >= 15 is 0 Å². The molecule has 1 aromatic rings. The SMILES string of the molecule is CCCCNC(=O)C(Cl)c1ccc(OC)c(OC)c1. The summed E-state index contributed by atoms with van der Waals surface area (Å²) in [6.07, 6.45) is 1.98. The summed E-state index contributed by atoms with van der Waals surface area (Å²) in [7, 11) is 3.11. The first kappa shape index (κ1) is 15.6. The average molecular weight is 286 g/mol. The van der Waals surface area contributed by atoms with Crippen molar-refractivity contribution in [3.8, 4) is 11.5 Å². The van der Waals surface area contributed by atoms with E-state index in [0.29, 0.717) is 23.6 Å². The van der Waals surface area contributed by atoms with Crippen LogP contribution in [0.1, 0.15) is 30.7 Å². The molecular formula is C14H20ClNO3. The van der Waals surface area contributed by atoms with Gasteiger partial charge in [0.05, 0.1) is 14.2 Å². The third-order valence-corrected chi connectivity index (χ3v) is 3.21. The number of unbranched alkanes of at least 4 members (excludes halogenated alkanes) is 1. The summed E-state index contributed by atoms with van der Waals surface area (Å²) < 4.78 is 10.3. The van der Waals surface area contributed by atoms with Crippen LogP contribution < -0.4 is 14.8 Å². The van der Waals surface area contributed by atoms with E-state index in [2.05, 4.69) is 12.2 Å². The molecule has 19 heavy (non-hydrogen) atoms. The van der Waals surface area contributed by atoms with E-state index in [4.69, 9.17) is 21.1 Å². The molecule has 0 heterocycles. The van der Waals surface area contributed by atoms with E-state index in [0.717, 1.165) is 12.8 Å². The Bertz CT molecular complexity index is 423. The van der Waals surface area contributed by atoms with Crippen molar-refractivity contribution in [1.29, 1.82) is 0 Å². The quantitative estimate of drug-likeness (QED) is 0.619. The maximum atomic E-state index is 11.9. The van der Waals surface area contributed by atoms with Crippen LogP contribution in [0, 0.1) is 0 Å². The molecule has 1 rings (SSSR count). The third kappa shape index (κ3) is 4.31. The van der Waals surface area contributed by atoms with Crippen LogP contribution in [0.3, 0.4) is 0 Å². The molecule has 1 N–H and O–H groups in total. The Morgan fingerprint density at radius 3 is 2.58 bits per heavy atom. The van der Waals surface area contributed by atoms with Gasteiger partial charge < -0.3 is 14.8 Å². The highest BCUT2D eigenvalue weighted by molar-refractivity contribution is 6.30. The minimum Gasteiger partial charge on any atom is -0.493 e. The maximum Gasteiger partial charge on any atom is 0.242 e. The van der Waals surface area contributed by atoms with Crippen LogP contribution in [0.5, 0.6) is 11.5 Å². The van der Waals surface area contributed by atoms with Crippen LogP contribution in [-0.4, -0.2) is 26.7 Å². The van der Waals surface area contributed by atoms with Gasteiger partial charge in [-0.3, -0.25) is 4.79 Å². The lowest BCUT2D eigenvalue weighted by atomic mass is 10.1. The summed E-state index contributed by atoms with van der Waals surface area (Å²) in [6.45, 7) is 2.71. The van der Waals surface area contributed by atoms with Crippen molar-refractivity contribution in [2.45, 2.75) is 25.1 Å². The van der Waals surface area contributed by atoms with Crippen molar-refractivity contribution < 1.29 is 14.3 Å². The smallest absolute Gasteiger partial charge is 0.242 e. The zero-order valence-electron chi connectivity index (χ0n) is 11.5. The second kappa shape index (κ2) is 7.89. The molecular weight excluding hydrogens is 266 g/mol. The Kier molecular flexibility index (Phi) is 6.50. The predicted molar refractivity (Wildman–Crippen MR) is 76.1 cm³/mol. The van der Waals surface area contributed by atoms with Crippen LogP contribution in [0.2, 0.25) is 0 Å². The Labute approximate surface area is 119 Å². The number of ether oxygens (including phenoxy) is 2. The highest BCUT2D eigenvalue weighted by Gasteiger charge is 2.18. The number of carbonyl (C=O) groups excluding carboxylic acids is 1. The van der Waals surface area contributed by atoms with Crippen molar-refractivity contribution in [1.82, 2.24) is 5.32 Å². The predicted octanol–water partition coefficient (Wildman–Crippen LogP) is 2.90. The number of halogens is 1. The van der Waals surface area contributed by atoms with Crippen molar-refractivity contribution in [3.63, 3.8) is 0 Å². The lowest BCUT2D eigenvalue weighted by Crippen LogP contribution is -2.27. The van der Waals surface area contributed by atoms with Crippen LogP contribution in [-0.2, 0) is 4.79 Å². The largest absolute Gasteiger partial charge is 0.493 e. The second-order valence-corrected chi connectivity index (χ2v) is 4.56. The molecule has 0 aliphatic carbocycles. The maximum absolute atomic E-state index is 11.9. The number of carbonyl (C=O) groups is 1. The molecule has 0 radical (unpaired) electrons.